The lowest BCUT2D eigenvalue weighted by Gasteiger charge is -2.29. The average Bonchev–Trinajstić information content (AvgIpc) is 3.01. The Hall–Kier alpha value is -1.82. The van der Waals surface area contributed by atoms with Crippen LogP contribution in [0.4, 0.5) is 5.82 Å². The molecule has 13 heteroatoms. The van der Waals surface area contributed by atoms with Crippen molar-refractivity contribution in [2.45, 2.75) is 37.1 Å². The first kappa shape index (κ1) is 22.4. The lowest BCUT2D eigenvalue weighted by molar-refractivity contribution is -0.0609. The number of nitrogens with zero attached hydrogens (tertiary/aromatic N) is 2. The summed E-state index contributed by atoms with van der Waals surface area (Å²) in [6.07, 6.45) is -4.01. The normalized spacial score (nSPS) is 33.5. The molecular formula is C18H21ClN3O8P. The van der Waals surface area contributed by atoms with Crippen molar-refractivity contribution >= 4 is 25.2 Å². The molecule has 6 atom stereocenters. The zero-order valence-electron chi connectivity index (χ0n) is 16.1. The highest BCUT2D eigenvalue weighted by Crippen LogP contribution is 2.57. The molecule has 0 bridgehead atoms. The molecule has 3 heterocycles. The smallest absolute Gasteiger partial charge is 0.387 e. The number of nitrogens with two attached hydrogens (primary N) is 1. The number of halogens is 1. The molecule has 0 spiro atoms. The molecule has 1 aromatic carbocycles. The standard InChI is InChI=1S/C18H21ClN3O8P/c19-11-3-1-2-10(8-11)12-5-7-27-31(26,30-12)28-9-13-15(23)16(24)17(29-13)22-6-4-14(20)21-18(22)25/h1-4,6,8,12-13,15-17,23-24H,5,7,9H2,(H2,20,21,25)/t12-,13+,15+,16+,17+,31?/m0/s1. The zero-order chi connectivity index (χ0) is 22.2. The Morgan fingerprint density at radius 2 is 2.13 bits per heavy atom. The highest BCUT2D eigenvalue weighted by Gasteiger charge is 2.46. The van der Waals surface area contributed by atoms with E-state index in [9.17, 15) is 19.6 Å². The second-order valence-electron chi connectivity index (χ2n) is 7.10. The fraction of sp³-hybridized carbons (Fsp3) is 0.444. The van der Waals surface area contributed by atoms with Gasteiger partial charge in [-0.3, -0.25) is 18.1 Å². The Balaban J connectivity index is 1.42. The van der Waals surface area contributed by atoms with Gasteiger partial charge in [-0.2, -0.15) is 4.98 Å². The van der Waals surface area contributed by atoms with Gasteiger partial charge in [-0.1, -0.05) is 23.7 Å². The van der Waals surface area contributed by atoms with Crippen molar-refractivity contribution in [3.63, 3.8) is 0 Å². The third-order valence-corrected chi connectivity index (χ3v) is 6.68. The lowest BCUT2D eigenvalue weighted by Crippen LogP contribution is -2.36. The molecule has 0 aliphatic carbocycles. The Morgan fingerprint density at radius 1 is 1.32 bits per heavy atom. The van der Waals surface area contributed by atoms with E-state index in [0.717, 1.165) is 10.1 Å². The van der Waals surface area contributed by atoms with Gasteiger partial charge in [0.25, 0.3) is 0 Å². The van der Waals surface area contributed by atoms with E-state index in [1.54, 1.807) is 24.3 Å². The molecule has 2 aliphatic heterocycles. The Kier molecular flexibility index (Phi) is 6.47. The summed E-state index contributed by atoms with van der Waals surface area (Å²) in [5.41, 5.74) is 5.43. The van der Waals surface area contributed by atoms with Crippen LogP contribution in [-0.4, -0.2) is 51.3 Å². The van der Waals surface area contributed by atoms with Crippen molar-refractivity contribution in [2.24, 2.45) is 0 Å². The van der Waals surface area contributed by atoms with E-state index in [-0.39, 0.29) is 12.4 Å². The second-order valence-corrected chi connectivity index (χ2v) is 9.16. The average molecular weight is 474 g/mol. The molecule has 0 amide bonds. The summed E-state index contributed by atoms with van der Waals surface area (Å²) in [7, 11) is -3.97. The predicted octanol–water partition coefficient (Wildman–Crippen LogP) is 1.40. The molecule has 1 aromatic heterocycles. The van der Waals surface area contributed by atoms with E-state index in [2.05, 4.69) is 4.98 Å². The molecule has 0 saturated carbocycles. The molecule has 31 heavy (non-hydrogen) atoms. The minimum Gasteiger partial charge on any atom is -0.387 e. The highest BCUT2D eigenvalue weighted by atomic mass is 35.5. The van der Waals surface area contributed by atoms with Crippen LogP contribution in [0.2, 0.25) is 5.02 Å². The van der Waals surface area contributed by atoms with Gasteiger partial charge >= 0.3 is 13.5 Å². The highest BCUT2D eigenvalue weighted by molar-refractivity contribution is 7.48. The molecule has 2 fully saturated rings. The molecule has 2 aromatic rings. The van der Waals surface area contributed by atoms with E-state index in [1.807, 2.05) is 0 Å². The van der Waals surface area contributed by atoms with Crippen LogP contribution in [0.5, 0.6) is 0 Å². The number of aliphatic hydroxyl groups excluding tert-OH is 2. The van der Waals surface area contributed by atoms with Crippen LogP contribution in [0.3, 0.4) is 0 Å². The molecule has 4 N–H and O–H groups in total. The Labute approximate surface area is 181 Å². The number of ether oxygens (including phenoxy) is 1. The van der Waals surface area contributed by atoms with Crippen LogP contribution in [-0.2, 0) is 22.9 Å². The van der Waals surface area contributed by atoms with Gasteiger partial charge in [-0.25, -0.2) is 9.36 Å². The largest absolute Gasteiger partial charge is 0.475 e. The number of aromatic nitrogens is 2. The number of hydrogen-bond acceptors (Lipinski definition) is 10. The monoisotopic (exact) mass is 473 g/mol. The Bertz CT molecular complexity index is 1050. The summed E-state index contributed by atoms with van der Waals surface area (Å²) >= 11 is 6.01. The molecule has 168 valence electrons. The summed E-state index contributed by atoms with van der Waals surface area (Å²) in [5, 5.41) is 21.1. The number of phosphoric ester groups is 1. The lowest BCUT2D eigenvalue weighted by atomic mass is 10.1. The van der Waals surface area contributed by atoms with Gasteiger partial charge in [0.05, 0.1) is 19.3 Å². The molecular weight excluding hydrogens is 453 g/mol. The van der Waals surface area contributed by atoms with Gasteiger partial charge in [0.15, 0.2) is 6.23 Å². The molecule has 0 radical (unpaired) electrons. The van der Waals surface area contributed by atoms with Crippen molar-refractivity contribution in [1.82, 2.24) is 9.55 Å². The van der Waals surface area contributed by atoms with Crippen LogP contribution in [0.1, 0.15) is 24.3 Å². The van der Waals surface area contributed by atoms with Gasteiger partial charge in [-0.15, -0.1) is 0 Å². The number of benzene rings is 1. The number of anilines is 1. The van der Waals surface area contributed by atoms with E-state index in [0.29, 0.717) is 11.4 Å². The maximum absolute atomic E-state index is 12.9. The van der Waals surface area contributed by atoms with Crippen molar-refractivity contribution in [1.29, 1.82) is 0 Å². The SMILES string of the molecule is Nc1ccn([C@@H]2O[C@H](COP3(=O)OCC[C@@H](c4cccc(Cl)c4)O3)[C@@H](O)[C@H]2O)c(=O)n1. The summed E-state index contributed by atoms with van der Waals surface area (Å²) in [5.74, 6) is 0.00752. The summed E-state index contributed by atoms with van der Waals surface area (Å²) in [6.45, 7) is -0.286. The van der Waals surface area contributed by atoms with Crippen LogP contribution in [0, 0.1) is 0 Å². The zero-order valence-corrected chi connectivity index (χ0v) is 17.8. The number of hydrogen-bond donors (Lipinski definition) is 3. The van der Waals surface area contributed by atoms with Crippen molar-refractivity contribution in [3.8, 4) is 0 Å². The number of rotatable bonds is 5. The van der Waals surface area contributed by atoms with Crippen LogP contribution < -0.4 is 11.4 Å². The fourth-order valence-corrected chi connectivity index (χ4v) is 4.99. The summed E-state index contributed by atoms with van der Waals surface area (Å²) in [6, 6.07) is 8.30. The third kappa shape index (κ3) is 4.84. The van der Waals surface area contributed by atoms with E-state index < -0.39 is 50.8 Å². The summed E-state index contributed by atoms with van der Waals surface area (Å²) in [4.78, 5) is 15.6. The van der Waals surface area contributed by atoms with Gasteiger partial charge < -0.3 is 20.7 Å². The summed E-state index contributed by atoms with van der Waals surface area (Å²) < 4.78 is 35.6. The molecule has 2 saturated heterocycles. The Morgan fingerprint density at radius 3 is 2.87 bits per heavy atom. The minimum absolute atomic E-state index is 0.00752. The molecule has 2 aliphatic rings. The molecule has 11 nitrogen and oxygen atoms in total. The van der Waals surface area contributed by atoms with Crippen LogP contribution in [0.15, 0.2) is 41.3 Å². The maximum atomic E-state index is 12.9. The van der Waals surface area contributed by atoms with Gasteiger partial charge in [0, 0.05) is 17.6 Å². The number of phosphoric acid groups is 1. The molecule has 1 unspecified atom stereocenters. The van der Waals surface area contributed by atoms with Gasteiger partial charge in [-0.05, 0) is 23.8 Å². The molecule has 4 rings (SSSR count). The quantitative estimate of drug-likeness (QED) is 0.542. The van der Waals surface area contributed by atoms with Crippen molar-refractivity contribution < 1.29 is 33.1 Å². The van der Waals surface area contributed by atoms with E-state index >= 15 is 0 Å². The number of aliphatic hydroxyl groups is 2. The van der Waals surface area contributed by atoms with Crippen LogP contribution in [0.25, 0.3) is 0 Å². The third-order valence-electron chi connectivity index (χ3n) is 4.97. The topological polar surface area (TPSA) is 155 Å². The first-order valence-corrected chi connectivity index (χ1v) is 11.3. The van der Waals surface area contributed by atoms with Crippen molar-refractivity contribution in [3.05, 3.63) is 57.6 Å². The minimum atomic E-state index is -3.97. The first-order chi connectivity index (χ1) is 14.8. The van der Waals surface area contributed by atoms with E-state index in [1.165, 1.54) is 12.3 Å². The first-order valence-electron chi connectivity index (χ1n) is 9.45. The van der Waals surface area contributed by atoms with Gasteiger partial charge in [0.2, 0.25) is 0 Å². The van der Waals surface area contributed by atoms with E-state index in [4.69, 9.17) is 35.6 Å². The fourth-order valence-electron chi connectivity index (χ4n) is 3.39. The van der Waals surface area contributed by atoms with Crippen LogP contribution >= 0.6 is 19.4 Å². The van der Waals surface area contributed by atoms with Crippen molar-refractivity contribution in [2.75, 3.05) is 18.9 Å². The second kappa shape index (κ2) is 8.97. The number of nitrogen functional groups attached to an aromatic ring is 1. The maximum Gasteiger partial charge on any atom is 0.475 e. The predicted molar refractivity (Wildman–Crippen MR) is 108 cm³/mol. The van der Waals surface area contributed by atoms with Gasteiger partial charge in [0.1, 0.15) is 24.1 Å².